The lowest BCUT2D eigenvalue weighted by Gasteiger charge is -2.32. The van der Waals surface area contributed by atoms with Crippen molar-refractivity contribution in [2.75, 3.05) is 6.54 Å². The number of nitrogens with two attached hydrogens (primary N) is 1. The molecule has 0 aliphatic heterocycles. The number of nitrogens with one attached hydrogen (secondary N) is 2. The molecule has 0 spiro atoms. The van der Waals surface area contributed by atoms with E-state index in [1.54, 1.807) is 24.5 Å². The number of carbonyl (C=O) groups is 3. The fourth-order valence-corrected chi connectivity index (χ4v) is 4.88. The summed E-state index contributed by atoms with van der Waals surface area (Å²) < 4.78 is 29.6. The molecule has 234 valence electrons. The van der Waals surface area contributed by atoms with E-state index >= 15 is 0 Å². The van der Waals surface area contributed by atoms with Gasteiger partial charge >= 0.3 is 0 Å². The first kappa shape index (κ1) is 36.7. The Balaban J connectivity index is 0.000000666. The Bertz CT molecular complexity index is 1230. The molecule has 0 bridgehead atoms. The first-order valence-corrected chi connectivity index (χ1v) is 15.4. The molecule has 0 saturated carbocycles. The van der Waals surface area contributed by atoms with E-state index in [9.17, 15) is 28.0 Å². The zero-order chi connectivity index (χ0) is 32.0. The minimum Gasteiger partial charge on any atom is -0.320 e. The van der Waals surface area contributed by atoms with E-state index in [0.29, 0.717) is 19.4 Å². The standard InChI is InChI=1S/C23H38N4O4.C7H8O3S/c1-15(2)14-27(23(30)17(5)24)25-22(29)20(16(3)4)19(21(28)26-31)13-9-12-18-10-7-6-8-11-18;1-6-2-4-7(5-3-6)11(8,9)10/h6-8,10-11,15-17,19-20,31H,9,12-14,24H2,1-5H3,(H,25,29)(H,26,28);2-5H,1H3,(H,8,9,10)/t17-,19?,20-;/m1./s1. The molecule has 0 radical (unpaired) electrons. The summed E-state index contributed by atoms with van der Waals surface area (Å²) in [5, 5.41) is 10.5. The van der Waals surface area contributed by atoms with Crippen LogP contribution in [0.4, 0.5) is 0 Å². The molecule has 1 unspecified atom stereocenters. The van der Waals surface area contributed by atoms with Crippen molar-refractivity contribution in [1.29, 1.82) is 0 Å². The molecule has 2 aromatic rings. The molecule has 3 atom stereocenters. The van der Waals surface area contributed by atoms with Crippen LogP contribution in [0, 0.1) is 30.6 Å². The summed E-state index contributed by atoms with van der Waals surface area (Å²) in [5.41, 5.74) is 12.2. The van der Waals surface area contributed by atoms with E-state index in [1.807, 2.05) is 65.0 Å². The number of aryl methyl sites for hydroxylation is 2. The Morgan fingerprint density at radius 2 is 1.50 bits per heavy atom. The minimum atomic E-state index is -4.02. The Hall–Kier alpha value is -3.32. The summed E-state index contributed by atoms with van der Waals surface area (Å²) in [6.07, 6.45) is 1.85. The van der Waals surface area contributed by atoms with Gasteiger partial charge in [-0.15, -0.1) is 0 Å². The highest BCUT2D eigenvalue weighted by Crippen LogP contribution is 2.27. The predicted molar refractivity (Wildman–Crippen MR) is 160 cm³/mol. The second-order valence-corrected chi connectivity index (χ2v) is 12.5. The highest BCUT2D eigenvalue weighted by atomic mass is 32.2. The van der Waals surface area contributed by atoms with Crippen LogP contribution in [0.2, 0.25) is 0 Å². The number of hydroxylamine groups is 1. The summed E-state index contributed by atoms with van der Waals surface area (Å²) in [7, 11) is -4.02. The van der Waals surface area contributed by atoms with Gasteiger partial charge in [0.25, 0.3) is 16.0 Å². The summed E-state index contributed by atoms with van der Waals surface area (Å²) in [5.74, 6) is -2.96. The van der Waals surface area contributed by atoms with Gasteiger partial charge in [0.05, 0.1) is 22.8 Å². The first-order chi connectivity index (χ1) is 19.6. The van der Waals surface area contributed by atoms with Gasteiger partial charge in [0.1, 0.15) is 0 Å². The molecule has 0 aromatic heterocycles. The number of hydrazine groups is 1. The number of carbonyl (C=O) groups excluding carboxylic acids is 3. The van der Waals surface area contributed by atoms with Crippen molar-refractivity contribution >= 4 is 27.8 Å². The van der Waals surface area contributed by atoms with Gasteiger partial charge in [-0.25, -0.2) is 5.48 Å². The van der Waals surface area contributed by atoms with Gasteiger partial charge in [-0.3, -0.25) is 34.6 Å². The van der Waals surface area contributed by atoms with Gasteiger partial charge < -0.3 is 5.73 Å². The van der Waals surface area contributed by atoms with Gasteiger partial charge in [-0.2, -0.15) is 8.42 Å². The van der Waals surface area contributed by atoms with Crippen LogP contribution >= 0.6 is 0 Å². The van der Waals surface area contributed by atoms with Crippen molar-refractivity contribution in [3.05, 3.63) is 65.7 Å². The Morgan fingerprint density at radius 1 is 0.929 bits per heavy atom. The number of amides is 3. The fourth-order valence-electron chi connectivity index (χ4n) is 4.40. The van der Waals surface area contributed by atoms with Crippen molar-refractivity contribution in [1.82, 2.24) is 15.9 Å². The van der Waals surface area contributed by atoms with Crippen LogP contribution in [0.1, 0.15) is 58.6 Å². The maximum absolute atomic E-state index is 13.2. The molecule has 0 saturated heterocycles. The number of benzene rings is 2. The van der Waals surface area contributed by atoms with Crippen LogP contribution in [-0.2, 0) is 30.9 Å². The third kappa shape index (κ3) is 12.7. The monoisotopic (exact) mass is 606 g/mol. The highest BCUT2D eigenvalue weighted by molar-refractivity contribution is 7.85. The van der Waals surface area contributed by atoms with Crippen LogP contribution in [0.3, 0.4) is 0 Å². The van der Waals surface area contributed by atoms with E-state index in [4.69, 9.17) is 10.3 Å². The van der Waals surface area contributed by atoms with Crippen LogP contribution in [0.15, 0.2) is 59.5 Å². The number of hydrogen-bond donors (Lipinski definition) is 5. The van der Waals surface area contributed by atoms with Crippen molar-refractivity contribution in [3.63, 3.8) is 0 Å². The molecule has 6 N–H and O–H groups in total. The molecule has 12 heteroatoms. The maximum atomic E-state index is 13.2. The molecule has 11 nitrogen and oxygen atoms in total. The SMILES string of the molecule is CC(C)CN(NC(=O)[C@H](C(C)C)C(CCCc1ccccc1)C(=O)NO)C(=O)[C@@H](C)N.Cc1ccc(S(=O)(=O)O)cc1. The highest BCUT2D eigenvalue weighted by Gasteiger charge is 2.37. The fraction of sp³-hybridized carbons (Fsp3) is 0.500. The lowest BCUT2D eigenvalue weighted by Crippen LogP contribution is -2.56. The summed E-state index contributed by atoms with van der Waals surface area (Å²) in [6, 6.07) is 15.1. The van der Waals surface area contributed by atoms with Gasteiger partial charge in [-0.1, -0.05) is 75.7 Å². The molecule has 0 aliphatic carbocycles. The summed E-state index contributed by atoms with van der Waals surface area (Å²) in [4.78, 5) is 38.1. The smallest absolute Gasteiger partial charge is 0.294 e. The van der Waals surface area contributed by atoms with Crippen LogP contribution in [0.5, 0.6) is 0 Å². The topological polar surface area (TPSA) is 179 Å². The Kier molecular flexibility index (Phi) is 15.4. The van der Waals surface area contributed by atoms with E-state index in [1.165, 1.54) is 17.1 Å². The molecule has 2 rings (SSSR count). The van der Waals surface area contributed by atoms with Crippen LogP contribution < -0.4 is 16.6 Å². The van der Waals surface area contributed by atoms with E-state index in [0.717, 1.165) is 17.5 Å². The largest absolute Gasteiger partial charge is 0.320 e. The predicted octanol–water partition coefficient (Wildman–Crippen LogP) is 3.51. The molecular formula is C30H46N4O7S. The Labute approximate surface area is 249 Å². The van der Waals surface area contributed by atoms with Crippen molar-refractivity contribution < 1.29 is 32.6 Å². The first-order valence-electron chi connectivity index (χ1n) is 14.0. The van der Waals surface area contributed by atoms with E-state index in [-0.39, 0.29) is 16.7 Å². The van der Waals surface area contributed by atoms with Gasteiger partial charge in [0.2, 0.25) is 11.8 Å². The summed E-state index contributed by atoms with van der Waals surface area (Å²) >= 11 is 0. The molecule has 42 heavy (non-hydrogen) atoms. The molecule has 0 fully saturated rings. The molecule has 0 aliphatic rings. The van der Waals surface area contributed by atoms with Crippen LogP contribution in [0.25, 0.3) is 0 Å². The quantitative estimate of drug-likeness (QED) is 0.138. The van der Waals surface area contributed by atoms with Gasteiger partial charge in [-0.05, 0) is 62.6 Å². The van der Waals surface area contributed by atoms with Gasteiger partial charge in [0, 0.05) is 6.54 Å². The molecule has 3 amide bonds. The summed E-state index contributed by atoms with van der Waals surface area (Å²) in [6.45, 7) is 11.3. The third-order valence-electron chi connectivity index (χ3n) is 6.49. The zero-order valence-corrected chi connectivity index (χ0v) is 26.1. The van der Waals surface area contributed by atoms with Crippen molar-refractivity contribution in [2.45, 2.75) is 71.7 Å². The van der Waals surface area contributed by atoms with Crippen molar-refractivity contribution in [2.24, 2.45) is 29.4 Å². The van der Waals surface area contributed by atoms with Crippen LogP contribution in [-0.4, -0.2) is 53.5 Å². The molecular weight excluding hydrogens is 560 g/mol. The normalized spacial score (nSPS) is 13.4. The van der Waals surface area contributed by atoms with Gasteiger partial charge in [0.15, 0.2) is 0 Å². The third-order valence-corrected chi connectivity index (χ3v) is 7.36. The second kappa shape index (κ2) is 17.6. The average Bonchev–Trinajstić information content (AvgIpc) is 2.91. The lowest BCUT2D eigenvalue weighted by molar-refractivity contribution is -0.149. The zero-order valence-electron chi connectivity index (χ0n) is 25.3. The average molecular weight is 607 g/mol. The Morgan fingerprint density at radius 3 is 1.95 bits per heavy atom. The molecule has 2 aromatic carbocycles. The van der Waals surface area contributed by atoms with E-state index in [2.05, 4.69) is 5.43 Å². The number of nitrogens with zero attached hydrogens (tertiary/aromatic N) is 1. The second-order valence-electron chi connectivity index (χ2n) is 11.1. The maximum Gasteiger partial charge on any atom is 0.294 e. The minimum absolute atomic E-state index is 0.0666. The number of hydrogen-bond acceptors (Lipinski definition) is 7. The number of rotatable bonds is 12. The molecule has 0 heterocycles. The van der Waals surface area contributed by atoms with Crippen molar-refractivity contribution in [3.8, 4) is 0 Å². The lowest BCUT2D eigenvalue weighted by atomic mass is 9.79. The van der Waals surface area contributed by atoms with E-state index < -0.39 is 45.7 Å².